The Morgan fingerprint density at radius 2 is 1.85 bits per heavy atom. The van der Waals surface area contributed by atoms with E-state index in [0.29, 0.717) is 11.7 Å². The van der Waals surface area contributed by atoms with Crippen LogP contribution < -0.4 is 19.5 Å². The predicted octanol–water partition coefficient (Wildman–Crippen LogP) is 3.84. The van der Waals surface area contributed by atoms with E-state index in [4.69, 9.17) is 28.4 Å². The Hall–Kier alpha value is -3.86. The average Bonchev–Trinajstić information content (AvgIpc) is 3.49. The van der Waals surface area contributed by atoms with Gasteiger partial charge in [-0.1, -0.05) is 43.9 Å². The lowest BCUT2D eigenvalue weighted by molar-refractivity contribution is -0.157. The molecule has 4 rings (SSSR count). The Morgan fingerprint density at radius 1 is 1.10 bits per heavy atom. The molecule has 1 aromatic carbocycles. The highest BCUT2D eigenvalue weighted by Crippen LogP contribution is 2.33. The van der Waals surface area contributed by atoms with Crippen LogP contribution in [0.1, 0.15) is 62.9 Å². The number of hydrogen-bond acceptors (Lipinski definition) is 10. The molecule has 0 bridgehead atoms. The number of amides is 1. The minimum atomic E-state index is -1.01. The van der Waals surface area contributed by atoms with Gasteiger partial charge in [0, 0.05) is 32.2 Å². The summed E-state index contributed by atoms with van der Waals surface area (Å²) in [6.45, 7) is 2.78. The van der Waals surface area contributed by atoms with Crippen molar-refractivity contribution in [2.24, 2.45) is 5.92 Å². The van der Waals surface area contributed by atoms with Gasteiger partial charge in [0.05, 0.1) is 13.2 Å². The van der Waals surface area contributed by atoms with Crippen molar-refractivity contribution in [3.05, 3.63) is 48.3 Å². The molecule has 0 spiro atoms. The van der Waals surface area contributed by atoms with Gasteiger partial charge in [-0.2, -0.15) is 0 Å². The van der Waals surface area contributed by atoms with Crippen LogP contribution in [0, 0.1) is 5.92 Å². The zero-order chi connectivity index (χ0) is 29.2. The molecule has 2 fully saturated rings. The number of para-hydroxylation sites is 1. The van der Waals surface area contributed by atoms with Crippen LogP contribution in [0.15, 0.2) is 42.6 Å². The maximum atomic E-state index is 13.3. The van der Waals surface area contributed by atoms with E-state index in [1.54, 1.807) is 6.92 Å². The third kappa shape index (κ3) is 8.32. The van der Waals surface area contributed by atoms with Crippen LogP contribution in [0.25, 0.3) is 0 Å². The molecular formula is C30H38N2O9. The highest BCUT2D eigenvalue weighted by atomic mass is 16.7. The smallest absolute Gasteiger partial charge is 0.329 e. The monoisotopic (exact) mass is 570 g/mol. The molecule has 1 saturated carbocycles. The van der Waals surface area contributed by atoms with Crippen LogP contribution >= 0.6 is 0 Å². The van der Waals surface area contributed by atoms with Crippen molar-refractivity contribution in [3.8, 4) is 17.2 Å². The fourth-order valence-corrected chi connectivity index (χ4v) is 5.21. The first-order valence-electron chi connectivity index (χ1n) is 14.0. The molecule has 0 radical (unpaired) electrons. The molecule has 1 amide bonds. The highest BCUT2D eigenvalue weighted by molar-refractivity contribution is 5.98. The number of aromatic nitrogens is 1. The molecule has 41 heavy (non-hydrogen) atoms. The Morgan fingerprint density at radius 3 is 2.56 bits per heavy atom. The lowest BCUT2D eigenvalue weighted by Gasteiger charge is -2.32. The number of pyridine rings is 1. The molecule has 1 aromatic heterocycles. The third-order valence-electron chi connectivity index (χ3n) is 7.28. The van der Waals surface area contributed by atoms with E-state index in [2.05, 4.69) is 10.3 Å². The summed E-state index contributed by atoms with van der Waals surface area (Å²) >= 11 is 0. The van der Waals surface area contributed by atoms with E-state index in [0.717, 1.165) is 19.3 Å². The average molecular weight is 571 g/mol. The third-order valence-corrected chi connectivity index (χ3v) is 7.28. The second-order valence-electron chi connectivity index (χ2n) is 10.2. The first kappa shape index (κ1) is 30.1. The molecule has 1 aliphatic carbocycles. The van der Waals surface area contributed by atoms with Gasteiger partial charge in [0.25, 0.3) is 5.91 Å². The van der Waals surface area contributed by atoms with Crippen LogP contribution in [0.2, 0.25) is 0 Å². The summed E-state index contributed by atoms with van der Waals surface area (Å²) in [4.78, 5) is 41.9. The van der Waals surface area contributed by atoms with Gasteiger partial charge in [0.1, 0.15) is 17.9 Å². The second-order valence-corrected chi connectivity index (χ2v) is 10.2. The van der Waals surface area contributed by atoms with Gasteiger partial charge in [-0.15, -0.1) is 0 Å². The van der Waals surface area contributed by atoms with Crippen molar-refractivity contribution in [2.45, 2.75) is 76.7 Å². The Kier molecular flexibility index (Phi) is 10.8. The summed E-state index contributed by atoms with van der Waals surface area (Å²) in [6, 6.07) is 9.89. The minimum absolute atomic E-state index is 0.0252. The largest absolute Gasteiger partial charge is 0.493 e. The standard InChI is InChI=1S/C30H38N2O9/c1-19-27(41-22-11-5-4-6-12-22)25(17-21-9-7-8-10-21)37-16-14-23(30(35)40-19)32-29(34)26-28(39-18-38-20(2)33)24(36-3)13-15-31-26/h4-6,11-13,15,19,21,23,25,27H,7-10,14,16-18H2,1-3H3,(H,32,34)/t19-,23-,25+,27-/m0/s1. The molecule has 0 unspecified atom stereocenters. The van der Waals surface area contributed by atoms with Crippen molar-refractivity contribution in [1.29, 1.82) is 0 Å². The van der Waals surface area contributed by atoms with Crippen molar-refractivity contribution >= 4 is 17.8 Å². The van der Waals surface area contributed by atoms with Crippen LogP contribution in [0.4, 0.5) is 0 Å². The number of benzene rings is 1. The zero-order valence-electron chi connectivity index (χ0n) is 23.7. The number of carbonyl (C=O) groups excluding carboxylic acids is 3. The van der Waals surface area contributed by atoms with Crippen LogP contribution in [0.5, 0.6) is 17.2 Å². The van der Waals surface area contributed by atoms with Gasteiger partial charge in [-0.3, -0.25) is 9.59 Å². The van der Waals surface area contributed by atoms with E-state index < -0.39 is 42.9 Å². The molecule has 1 aliphatic heterocycles. The highest BCUT2D eigenvalue weighted by Gasteiger charge is 2.38. The summed E-state index contributed by atoms with van der Waals surface area (Å²) in [7, 11) is 1.40. The fraction of sp³-hybridized carbons (Fsp3) is 0.533. The van der Waals surface area contributed by atoms with Crippen molar-refractivity contribution in [1.82, 2.24) is 10.3 Å². The SMILES string of the molecule is COc1ccnc(C(=O)N[C@H]2CCO[C@H](CC3CCCC3)[C@@H](Oc3ccccc3)[C@H](C)OC2=O)c1OCOC(C)=O. The quantitative estimate of drug-likeness (QED) is 0.332. The predicted molar refractivity (Wildman–Crippen MR) is 147 cm³/mol. The van der Waals surface area contributed by atoms with E-state index in [1.807, 2.05) is 30.3 Å². The summed E-state index contributed by atoms with van der Waals surface area (Å²) in [5.74, 6) is -0.481. The van der Waals surface area contributed by atoms with E-state index in [1.165, 1.54) is 39.1 Å². The molecule has 222 valence electrons. The number of ether oxygens (including phenoxy) is 6. The lowest BCUT2D eigenvalue weighted by atomic mass is 9.95. The Balaban J connectivity index is 1.51. The molecular weight excluding hydrogens is 532 g/mol. The van der Waals surface area contributed by atoms with Gasteiger partial charge in [0.15, 0.2) is 23.3 Å². The van der Waals surface area contributed by atoms with Gasteiger partial charge in [-0.05, 0) is 31.4 Å². The van der Waals surface area contributed by atoms with Crippen molar-refractivity contribution in [2.75, 3.05) is 20.5 Å². The summed E-state index contributed by atoms with van der Waals surface area (Å²) in [5.41, 5.74) is -0.137. The van der Waals surface area contributed by atoms with Crippen LogP contribution in [0.3, 0.4) is 0 Å². The normalized spacial score (nSPS) is 23.3. The second kappa shape index (κ2) is 14.7. The van der Waals surface area contributed by atoms with Crippen molar-refractivity contribution in [3.63, 3.8) is 0 Å². The van der Waals surface area contributed by atoms with Crippen LogP contribution in [-0.2, 0) is 23.8 Å². The number of carbonyl (C=O) groups is 3. The first-order valence-corrected chi connectivity index (χ1v) is 14.0. The van der Waals surface area contributed by atoms with Crippen LogP contribution in [-0.4, -0.2) is 67.7 Å². The number of esters is 2. The molecule has 11 heteroatoms. The molecule has 2 heterocycles. The van der Waals surface area contributed by atoms with E-state index >= 15 is 0 Å². The topological polar surface area (TPSA) is 132 Å². The number of hydrogen-bond donors (Lipinski definition) is 1. The number of nitrogens with zero attached hydrogens (tertiary/aromatic N) is 1. The number of cyclic esters (lactones) is 1. The Bertz CT molecular complexity index is 1170. The van der Waals surface area contributed by atoms with Gasteiger partial charge in [-0.25, -0.2) is 9.78 Å². The molecule has 11 nitrogen and oxygen atoms in total. The summed E-state index contributed by atoms with van der Waals surface area (Å²) < 4.78 is 34.2. The molecule has 1 saturated heterocycles. The van der Waals surface area contributed by atoms with E-state index in [-0.39, 0.29) is 36.3 Å². The maximum Gasteiger partial charge on any atom is 0.329 e. The zero-order valence-corrected chi connectivity index (χ0v) is 23.7. The van der Waals surface area contributed by atoms with E-state index in [9.17, 15) is 14.4 Å². The van der Waals surface area contributed by atoms with Gasteiger partial charge in [0.2, 0.25) is 6.79 Å². The minimum Gasteiger partial charge on any atom is -0.493 e. The summed E-state index contributed by atoms with van der Waals surface area (Å²) in [5, 5.41) is 2.70. The molecule has 2 aromatic rings. The maximum absolute atomic E-state index is 13.3. The van der Waals surface area contributed by atoms with Crippen molar-refractivity contribution < 1.29 is 42.8 Å². The summed E-state index contributed by atoms with van der Waals surface area (Å²) in [6.07, 6.45) is 5.56. The molecule has 1 N–H and O–H groups in total. The lowest BCUT2D eigenvalue weighted by Crippen LogP contribution is -2.46. The molecule has 4 atom stereocenters. The molecule has 2 aliphatic rings. The number of rotatable bonds is 10. The van der Waals surface area contributed by atoms with Gasteiger partial charge < -0.3 is 33.7 Å². The number of nitrogens with one attached hydrogen (secondary N) is 1. The van der Waals surface area contributed by atoms with Gasteiger partial charge >= 0.3 is 11.9 Å². The first-order chi connectivity index (χ1) is 19.9. The number of methoxy groups -OCH3 is 1. The fourth-order valence-electron chi connectivity index (χ4n) is 5.21. The Labute approximate surface area is 239 Å².